The lowest BCUT2D eigenvalue weighted by molar-refractivity contribution is -0.134. The van der Waals surface area contributed by atoms with E-state index in [9.17, 15) is 4.79 Å². The number of hydrogen-bond donors (Lipinski definition) is 2. The van der Waals surface area contributed by atoms with Crippen LogP contribution in [-0.2, 0) is 4.79 Å². The smallest absolute Gasteiger partial charge is 0.318 e. The Hall–Kier alpha value is -2.12. The Bertz CT molecular complexity index is 790. The summed E-state index contributed by atoms with van der Waals surface area (Å²) in [5, 5.41) is 7.59. The average Bonchev–Trinajstić information content (AvgIpc) is 2.87. The summed E-state index contributed by atoms with van der Waals surface area (Å²) < 4.78 is 2.86. The zero-order valence-electron chi connectivity index (χ0n) is 13.3. The normalized spacial score (nSPS) is 9.50. The van der Waals surface area contributed by atoms with Crippen molar-refractivity contribution in [2.75, 3.05) is 11.6 Å². The second kappa shape index (κ2) is 9.89. The molecule has 0 unspecified atom stereocenters. The molecular weight excluding hydrogens is 396 g/mol. The number of hydrogen-bond acceptors (Lipinski definition) is 4. The molecule has 6 nitrogen and oxygen atoms in total. The van der Waals surface area contributed by atoms with E-state index in [1.165, 1.54) is 5.56 Å². The Kier molecular flexibility index (Phi) is 8.21. The summed E-state index contributed by atoms with van der Waals surface area (Å²) >= 11 is 8.05. The van der Waals surface area contributed by atoms with Gasteiger partial charge in [0.05, 0.1) is 0 Å². The number of pyridine rings is 2. The van der Waals surface area contributed by atoms with Gasteiger partial charge in [-0.25, -0.2) is 9.97 Å². The van der Waals surface area contributed by atoms with Gasteiger partial charge in [-0.15, -0.1) is 11.6 Å². The number of nitrogens with zero attached hydrogens (tertiary/aromatic N) is 3. The van der Waals surface area contributed by atoms with Gasteiger partial charge in [-0.1, -0.05) is 0 Å². The van der Waals surface area contributed by atoms with Crippen LogP contribution in [0.4, 0.5) is 5.82 Å². The summed E-state index contributed by atoms with van der Waals surface area (Å²) in [5.74, 6) is -0.698. The third-order valence-corrected chi connectivity index (χ3v) is 3.25. The third kappa shape index (κ3) is 7.43. The predicted molar refractivity (Wildman–Crippen MR) is 99.4 cm³/mol. The van der Waals surface area contributed by atoms with Crippen LogP contribution >= 0.6 is 27.5 Å². The first kappa shape index (κ1) is 19.9. The van der Waals surface area contributed by atoms with Gasteiger partial charge in [-0.05, 0) is 65.2 Å². The van der Waals surface area contributed by atoms with Crippen LogP contribution in [0.5, 0.6) is 0 Å². The van der Waals surface area contributed by atoms with Gasteiger partial charge in [-0.3, -0.25) is 4.79 Å². The van der Waals surface area contributed by atoms with E-state index in [0.717, 1.165) is 15.8 Å². The number of carbonyl (C=O) groups is 1. The lowest BCUT2D eigenvalue weighted by Crippen LogP contribution is -1.92. The number of rotatable bonds is 1. The Labute approximate surface area is 153 Å². The van der Waals surface area contributed by atoms with Gasteiger partial charge in [0, 0.05) is 18.6 Å². The van der Waals surface area contributed by atoms with E-state index in [2.05, 4.69) is 38.9 Å². The van der Waals surface area contributed by atoms with Crippen molar-refractivity contribution >= 4 is 45.0 Å². The number of aromatic nitrogens is 3. The Morgan fingerprint density at radius 1 is 1.33 bits per heavy atom. The van der Waals surface area contributed by atoms with Gasteiger partial charge < -0.3 is 15.2 Å². The van der Waals surface area contributed by atoms with E-state index < -0.39 is 5.97 Å². The number of anilines is 1. The molecule has 0 saturated heterocycles. The van der Waals surface area contributed by atoms with Crippen LogP contribution in [0.1, 0.15) is 11.1 Å². The predicted octanol–water partition coefficient (Wildman–Crippen LogP) is 3.69. The lowest BCUT2D eigenvalue weighted by Gasteiger charge is -1.92. The van der Waals surface area contributed by atoms with Crippen molar-refractivity contribution in [3.8, 4) is 0 Å². The molecule has 0 aromatic carbocycles. The summed E-state index contributed by atoms with van der Waals surface area (Å²) in [6.07, 6.45) is 5.64. The van der Waals surface area contributed by atoms with Crippen LogP contribution < -0.4 is 5.73 Å². The van der Waals surface area contributed by atoms with Gasteiger partial charge in [0.1, 0.15) is 21.9 Å². The highest BCUT2D eigenvalue weighted by Crippen LogP contribution is 2.11. The number of carboxylic acids is 1. The molecular formula is C16H18BrClN4O2. The van der Waals surface area contributed by atoms with Crippen molar-refractivity contribution in [2.45, 2.75) is 13.8 Å². The van der Waals surface area contributed by atoms with Gasteiger partial charge >= 0.3 is 5.97 Å². The Morgan fingerprint density at radius 2 is 1.96 bits per heavy atom. The number of aliphatic carboxylic acids is 1. The van der Waals surface area contributed by atoms with Crippen LogP contribution in [0, 0.1) is 13.8 Å². The van der Waals surface area contributed by atoms with E-state index in [4.69, 9.17) is 22.4 Å². The third-order valence-electron chi connectivity index (χ3n) is 2.64. The molecule has 0 radical (unpaired) electrons. The molecule has 0 aliphatic rings. The first-order valence-electron chi connectivity index (χ1n) is 6.88. The molecule has 0 fully saturated rings. The zero-order valence-corrected chi connectivity index (χ0v) is 15.6. The second-order valence-corrected chi connectivity index (χ2v) is 5.90. The fourth-order valence-electron chi connectivity index (χ4n) is 1.61. The molecule has 0 aliphatic carbocycles. The second-order valence-electron chi connectivity index (χ2n) is 4.82. The highest BCUT2D eigenvalue weighted by molar-refractivity contribution is 9.10. The maximum absolute atomic E-state index is 9.24. The molecule has 3 aromatic rings. The molecule has 8 heteroatoms. The molecule has 0 bridgehead atoms. The number of imidazole rings is 1. The fourth-order valence-corrected chi connectivity index (χ4v) is 2.01. The molecule has 128 valence electrons. The Balaban J connectivity index is 0.000000196. The average molecular weight is 414 g/mol. The summed E-state index contributed by atoms with van der Waals surface area (Å²) in [7, 11) is 0. The van der Waals surface area contributed by atoms with Crippen molar-refractivity contribution < 1.29 is 9.90 Å². The Morgan fingerprint density at radius 3 is 2.46 bits per heavy atom. The molecule has 3 rings (SSSR count). The van der Waals surface area contributed by atoms with Gasteiger partial charge in [0.25, 0.3) is 0 Å². The molecule has 0 amide bonds. The monoisotopic (exact) mass is 412 g/mol. The van der Waals surface area contributed by atoms with E-state index in [1.807, 2.05) is 41.9 Å². The summed E-state index contributed by atoms with van der Waals surface area (Å²) in [6, 6.07) is 7.85. The minimum absolute atomic E-state index is 0.306. The number of fused-ring (bicyclic) bond motifs is 1. The number of halogens is 2. The van der Waals surface area contributed by atoms with Crippen LogP contribution in [0.25, 0.3) is 5.65 Å². The van der Waals surface area contributed by atoms with Crippen LogP contribution in [0.2, 0.25) is 0 Å². The van der Waals surface area contributed by atoms with Crippen molar-refractivity contribution in [3.63, 3.8) is 0 Å². The van der Waals surface area contributed by atoms with E-state index in [1.54, 1.807) is 6.20 Å². The summed E-state index contributed by atoms with van der Waals surface area (Å²) in [5.41, 5.74) is 8.71. The molecule has 0 aliphatic heterocycles. The van der Waals surface area contributed by atoms with Crippen LogP contribution in [0.3, 0.4) is 0 Å². The van der Waals surface area contributed by atoms with Gasteiger partial charge in [0.2, 0.25) is 0 Å². The number of nitrogens with two attached hydrogens (primary N) is 1. The molecule has 3 aromatic heterocycles. The van der Waals surface area contributed by atoms with E-state index >= 15 is 0 Å². The number of aryl methyl sites for hydroxylation is 2. The van der Waals surface area contributed by atoms with Crippen LogP contribution in [0.15, 0.2) is 47.5 Å². The molecule has 3 heterocycles. The summed E-state index contributed by atoms with van der Waals surface area (Å²) in [6.45, 7) is 4.04. The number of alkyl halides is 1. The molecule has 0 saturated carbocycles. The van der Waals surface area contributed by atoms with E-state index in [-0.39, 0.29) is 5.88 Å². The summed E-state index contributed by atoms with van der Waals surface area (Å²) in [4.78, 5) is 17.3. The first-order valence-corrected chi connectivity index (χ1v) is 8.21. The molecule has 24 heavy (non-hydrogen) atoms. The first-order chi connectivity index (χ1) is 11.3. The zero-order chi connectivity index (χ0) is 18.1. The highest BCUT2D eigenvalue weighted by atomic mass is 79.9. The lowest BCUT2D eigenvalue weighted by atomic mass is 10.3. The molecule has 3 N–H and O–H groups in total. The quantitative estimate of drug-likeness (QED) is 0.593. The SMILES string of the molecule is Cc1ccn2cc(Br)nc2c1.Cc1ccnc(N)c1.O=C(O)CCl. The molecule has 0 spiro atoms. The highest BCUT2D eigenvalue weighted by Gasteiger charge is 1.96. The number of carboxylic acid groups (broad SMARTS) is 1. The van der Waals surface area contributed by atoms with Crippen molar-refractivity contribution in [1.29, 1.82) is 0 Å². The fraction of sp³-hybridized carbons (Fsp3) is 0.188. The maximum atomic E-state index is 9.24. The topological polar surface area (TPSA) is 93.5 Å². The minimum Gasteiger partial charge on any atom is -0.480 e. The molecule has 0 atom stereocenters. The van der Waals surface area contributed by atoms with Crippen LogP contribution in [-0.4, -0.2) is 31.3 Å². The number of nitrogen functional groups attached to an aromatic ring is 1. The maximum Gasteiger partial charge on any atom is 0.318 e. The van der Waals surface area contributed by atoms with E-state index in [0.29, 0.717) is 5.82 Å². The standard InChI is InChI=1S/C8H7BrN2.C6H8N2.C2H3ClO2/c1-6-2-3-11-5-7(9)10-8(11)4-6;1-5-2-3-8-6(7)4-5;3-1-2(4)5/h2-5H,1H3;2-4H,1H3,(H2,7,8);1H2,(H,4,5). The van der Waals surface area contributed by atoms with Crippen molar-refractivity contribution in [3.05, 3.63) is 58.6 Å². The largest absolute Gasteiger partial charge is 0.480 e. The minimum atomic E-state index is -0.980. The van der Waals surface area contributed by atoms with Gasteiger partial charge in [-0.2, -0.15) is 0 Å². The van der Waals surface area contributed by atoms with Gasteiger partial charge in [0.15, 0.2) is 0 Å². The van der Waals surface area contributed by atoms with Crippen molar-refractivity contribution in [1.82, 2.24) is 14.4 Å². The van der Waals surface area contributed by atoms with Crippen molar-refractivity contribution in [2.24, 2.45) is 0 Å².